The van der Waals surface area contributed by atoms with Crippen molar-refractivity contribution in [1.82, 2.24) is 30.8 Å². The fraction of sp³-hybridized carbons (Fsp3) is 0.0769. The van der Waals surface area contributed by atoms with Gasteiger partial charge in [0.25, 0.3) is 0 Å². The zero-order chi connectivity index (χ0) is 24.0. The van der Waals surface area contributed by atoms with Gasteiger partial charge in [-0.15, -0.1) is 5.10 Å². The number of alkyl halides is 3. The van der Waals surface area contributed by atoms with E-state index >= 15 is 0 Å². The van der Waals surface area contributed by atoms with E-state index in [0.717, 1.165) is 27.1 Å². The lowest BCUT2D eigenvalue weighted by Crippen LogP contribution is -2.07. The lowest BCUT2D eigenvalue weighted by molar-refractivity contribution is -0.140. The van der Waals surface area contributed by atoms with Crippen LogP contribution in [0.4, 0.5) is 13.2 Å². The number of hydrogen-bond donors (Lipinski definition) is 2. The van der Waals surface area contributed by atoms with Gasteiger partial charge in [0.05, 0.1) is 5.69 Å². The molecule has 0 atom stereocenters. The van der Waals surface area contributed by atoms with E-state index in [4.69, 9.17) is 0 Å². The fourth-order valence-electron chi connectivity index (χ4n) is 4.44. The Labute approximate surface area is 196 Å². The Morgan fingerprint density at radius 2 is 1.49 bits per heavy atom. The molecule has 172 valence electrons. The van der Waals surface area contributed by atoms with Gasteiger partial charge in [-0.25, -0.2) is 5.10 Å². The number of fused-ring (bicyclic) bond motifs is 3. The third-order valence-electron chi connectivity index (χ3n) is 6.07. The first-order valence-electron chi connectivity index (χ1n) is 10.9. The van der Waals surface area contributed by atoms with E-state index in [1.165, 1.54) is 0 Å². The molecule has 0 spiro atoms. The van der Waals surface area contributed by atoms with Gasteiger partial charge in [-0.3, -0.25) is 5.10 Å². The van der Waals surface area contributed by atoms with Gasteiger partial charge in [-0.1, -0.05) is 72.8 Å². The molecule has 35 heavy (non-hydrogen) atoms. The molecule has 0 amide bonds. The van der Waals surface area contributed by atoms with Crippen molar-refractivity contribution in [2.45, 2.75) is 12.6 Å². The summed E-state index contributed by atoms with van der Waals surface area (Å²) in [5, 5.41) is 24.1. The number of halogens is 3. The number of hydrogen-bond acceptors (Lipinski definition) is 4. The average molecular weight is 470 g/mol. The summed E-state index contributed by atoms with van der Waals surface area (Å²) in [6.45, 7) is 0. The molecule has 6 nitrogen and oxygen atoms in total. The van der Waals surface area contributed by atoms with Crippen molar-refractivity contribution in [2.24, 2.45) is 0 Å². The number of H-pyrrole nitrogens is 2. The number of tetrazole rings is 1. The second-order valence-corrected chi connectivity index (χ2v) is 8.26. The van der Waals surface area contributed by atoms with Crippen molar-refractivity contribution in [3.63, 3.8) is 0 Å². The Morgan fingerprint density at radius 3 is 2.26 bits per heavy atom. The van der Waals surface area contributed by atoms with Crippen molar-refractivity contribution in [1.29, 1.82) is 0 Å². The number of aromatic nitrogens is 6. The highest BCUT2D eigenvalue weighted by Gasteiger charge is 2.38. The molecule has 0 radical (unpaired) electrons. The van der Waals surface area contributed by atoms with Crippen LogP contribution < -0.4 is 0 Å². The van der Waals surface area contributed by atoms with E-state index in [9.17, 15) is 13.2 Å². The lowest BCUT2D eigenvalue weighted by Gasteiger charge is -2.11. The monoisotopic (exact) mass is 470 g/mol. The van der Waals surface area contributed by atoms with Crippen LogP contribution in [-0.2, 0) is 12.6 Å². The topological polar surface area (TPSA) is 83.1 Å². The van der Waals surface area contributed by atoms with Crippen LogP contribution in [0.5, 0.6) is 0 Å². The van der Waals surface area contributed by atoms with Crippen molar-refractivity contribution < 1.29 is 13.2 Å². The third kappa shape index (κ3) is 3.80. The van der Waals surface area contributed by atoms with E-state index in [0.29, 0.717) is 29.1 Å². The zero-order valence-electron chi connectivity index (χ0n) is 18.1. The molecule has 2 N–H and O–H groups in total. The van der Waals surface area contributed by atoms with Gasteiger partial charge in [0, 0.05) is 17.5 Å². The molecule has 6 aromatic rings. The summed E-state index contributed by atoms with van der Waals surface area (Å²) in [6, 6.07) is 24.5. The molecule has 0 aliphatic heterocycles. The molecule has 2 aromatic heterocycles. The van der Waals surface area contributed by atoms with Gasteiger partial charge >= 0.3 is 6.18 Å². The average Bonchev–Trinajstić information content (AvgIpc) is 3.54. The quantitative estimate of drug-likeness (QED) is 0.302. The Bertz CT molecular complexity index is 1650. The van der Waals surface area contributed by atoms with Crippen molar-refractivity contribution in [2.75, 3.05) is 0 Å². The minimum absolute atomic E-state index is 0.0190. The lowest BCUT2D eigenvalue weighted by atomic mass is 9.95. The molecule has 0 saturated heterocycles. The molecule has 0 unspecified atom stereocenters. The minimum Gasteiger partial charge on any atom is -0.277 e. The third-order valence-corrected chi connectivity index (χ3v) is 6.07. The molecule has 0 saturated carbocycles. The largest absolute Gasteiger partial charge is 0.435 e. The van der Waals surface area contributed by atoms with Crippen LogP contribution in [0.1, 0.15) is 17.1 Å². The number of nitrogens with zero attached hydrogens (tertiary/aromatic N) is 4. The van der Waals surface area contributed by atoms with Gasteiger partial charge in [0.2, 0.25) is 0 Å². The highest BCUT2D eigenvalue weighted by atomic mass is 19.4. The van der Waals surface area contributed by atoms with Crippen molar-refractivity contribution in [3.8, 4) is 22.4 Å². The summed E-state index contributed by atoms with van der Waals surface area (Å²) in [7, 11) is 0. The summed E-state index contributed by atoms with van der Waals surface area (Å²) in [5.41, 5.74) is 1.30. The number of aromatic amines is 2. The van der Waals surface area contributed by atoms with Crippen LogP contribution in [0.3, 0.4) is 0 Å². The van der Waals surface area contributed by atoms with Crippen LogP contribution in [-0.4, -0.2) is 30.8 Å². The maximum absolute atomic E-state index is 13.9. The molecular weight excluding hydrogens is 453 g/mol. The number of benzene rings is 4. The summed E-state index contributed by atoms with van der Waals surface area (Å²) in [4.78, 5) is 0. The van der Waals surface area contributed by atoms with E-state index in [1.54, 1.807) is 24.3 Å². The van der Waals surface area contributed by atoms with Crippen LogP contribution in [0.25, 0.3) is 43.9 Å². The van der Waals surface area contributed by atoms with Gasteiger partial charge in [-0.05, 0) is 49.2 Å². The molecule has 2 heterocycles. The van der Waals surface area contributed by atoms with Crippen molar-refractivity contribution >= 4 is 21.5 Å². The predicted molar refractivity (Wildman–Crippen MR) is 126 cm³/mol. The Kier molecular flexibility index (Phi) is 4.84. The molecule has 9 heteroatoms. The van der Waals surface area contributed by atoms with Crippen LogP contribution in [0.2, 0.25) is 0 Å². The van der Waals surface area contributed by atoms with Crippen LogP contribution in [0, 0.1) is 0 Å². The highest BCUT2D eigenvalue weighted by Crippen LogP contribution is 2.42. The fourth-order valence-corrected chi connectivity index (χ4v) is 4.44. The Hall–Kier alpha value is -4.53. The van der Waals surface area contributed by atoms with Crippen LogP contribution in [0.15, 0.2) is 78.9 Å². The van der Waals surface area contributed by atoms with Gasteiger partial charge in [-0.2, -0.15) is 18.3 Å². The van der Waals surface area contributed by atoms with Gasteiger partial charge in [0.15, 0.2) is 11.5 Å². The molecule has 6 rings (SSSR count). The van der Waals surface area contributed by atoms with E-state index < -0.39 is 11.9 Å². The van der Waals surface area contributed by atoms with Gasteiger partial charge < -0.3 is 0 Å². The Morgan fingerprint density at radius 1 is 0.743 bits per heavy atom. The van der Waals surface area contributed by atoms with E-state index in [1.807, 2.05) is 54.6 Å². The maximum atomic E-state index is 13.9. The summed E-state index contributed by atoms with van der Waals surface area (Å²) < 4.78 is 41.7. The Balaban J connectivity index is 1.46. The predicted octanol–water partition coefficient (Wildman–Crippen LogP) is 6.17. The van der Waals surface area contributed by atoms with E-state index in [-0.39, 0.29) is 5.56 Å². The highest BCUT2D eigenvalue weighted by molar-refractivity contribution is 6.08. The first kappa shape index (κ1) is 21.0. The minimum atomic E-state index is -4.61. The molecule has 0 aliphatic carbocycles. The van der Waals surface area contributed by atoms with E-state index in [2.05, 4.69) is 30.8 Å². The maximum Gasteiger partial charge on any atom is 0.435 e. The smallest absolute Gasteiger partial charge is 0.277 e. The molecule has 0 aliphatic rings. The molecular formula is C26H17F3N6. The summed E-state index contributed by atoms with van der Waals surface area (Å²) in [5.74, 6) is 0.571. The van der Waals surface area contributed by atoms with Crippen molar-refractivity contribution in [3.05, 3.63) is 95.9 Å². The zero-order valence-corrected chi connectivity index (χ0v) is 18.1. The summed E-state index contributed by atoms with van der Waals surface area (Å²) in [6.07, 6.45) is -4.17. The second kappa shape index (κ2) is 8.05. The first-order valence-corrected chi connectivity index (χ1v) is 10.9. The normalized spacial score (nSPS) is 12.0. The van der Waals surface area contributed by atoms with Crippen LogP contribution >= 0.6 is 0 Å². The standard InChI is InChI=1S/C26H17F3N6/c27-26(28,29)25-23(17-7-5-15(6-8-17)13-22-30-34-35-31-22)24(32-33-25)19-11-12-21-18(14-19)10-9-16-3-1-2-4-20(16)21/h1-12,14H,13H2,(H,32,33)(H,30,31,34,35). The molecule has 4 aromatic carbocycles. The van der Waals surface area contributed by atoms with Gasteiger partial charge in [0.1, 0.15) is 0 Å². The SMILES string of the molecule is FC(F)(F)c1n[nH]c(-c2ccc3c(ccc4ccccc43)c2)c1-c1ccc(Cc2nnn[nH]2)cc1. The second-order valence-electron chi connectivity index (χ2n) is 8.26. The molecule has 0 bridgehead atoms. The number of nitrogens with one attached hydrogen (secondary N) is 2. The first-order chi connectivity index (χ1) is 17.0. The summed E-state index contributed by atoms with van der Waals surface area (Å²) >= 11 is 0. The number of rotatable bonds is 4. The molecule has 0 fully saturated rings.